The number of carboxylic acid groups (broad SMARTS) is 1. The van der Waals surface area contributed by atoms with Gasteiger partial charge in [0.05, 0.1) is 4.92 Å². The molecule has 0 radical (unpaired) electrons. The number of aryl methyl sites for hydroxylation is 1. The number of carbonyl (C=O) groups excluding carboxylic acids is 1. The summed E-state index contributed by atoms with van der Waals surface area (Å²) >= 11 is 0. The van der Waals surface area contributed by atoms with Crippen molar-refractivity contribution in [2.75, 3.05) is 0 Å². The molecule has 1 saturated carbocycles. The van der Waals surface area contributed by atoms with Crippen LogP contribution in [0.3, 0.4) is 0 Å². The third-order valence-electron chi connectivity index (χ3n) is 4.12. The minimum absolute atomic E-state index is 0.0674. The van der Waals surface area contributed by atoms with Gasteiger partial charge in [-0.25, -0.2) is 4.79 Å². The van der Waals surface area contributed by atoms with Crippen LogP contribution in [-0.4, -0.2) is 27.4 Å². The first-order chi connectivity index (χ1) is 10.4. The molecule has 7 heteroatoms. The monoisotopic (exact) mass is 306 g/mol. The smallest absolute Gasteiger partial charge is 0.329 e. The SMILES string of the molecule is Cc1cc(C(=O)NC2(C(=O)O)CCCCC2)ccc1[N+](=O)[O-]. The van der Waals surface area contributed by atoms with E-state index >= 15 is 0 Å². The third kappa shape index (κ3) is 3.08. The minimum atomic E-state index is -1.23. The number of nitrogens with one attached hydrogen (secondary N) is 1. The summed E-state index contributed by atoms with van der Waals surface area (Å²) < 4.78 is 0. The number of nitrogens with zero attached hydrogens (tertiary/aromatic N) is 1. The molecule has 0 aromatic heterocycles. The van der Waals surface area contributed by atoms with Gasteiger partial charge in [-0.3, -0.25) is 14.9 Å². The van der Waals surface area contributed by atoms with Gasteiger partial charge in [0, 0.05) is 17.2 Å². The van der Waals surface area contributed by atoms with E-state index in [4.69, 9.17) is 0 Å². The van der Waals surface area contributed by atoms with Crippen molar-refractivity contribution in [3.05, 3.63) is 39.4 Å². The van der Waals surface area contributed by atoms with Crippen LogP contribution in [0.4, 0.5) is 5.69 Å². The molecular formula is C15H18N2O5. The first-order valence-electron chi connectivity index (χ1n) is 7.17. The molecule has 7 nitrogen and oxygen atoms in total. The number of carbonyl (C=O) groups is 2. The lowest BCUT2D eigenvalue weighted by Crippen LogP contribution is -2.55. The Morgan fingerprint density at radius 2 is 1.91 bits per heavy atom. The number of carboxylic acids is 1. The average molecular weight is 306 g/mol. The highest BCUT2D eigenvalue weighted by Crippen LogP contribution is 2.29. The number of benzene rings is 1. The maximum Gasteiger partial charge on any atom is 0.329 e. The lowest BCUT2D eigenvalue weighted by Gasteiger charge is -2.34. The summed E-state index contributed by atoms with van der Waals surface area (Å²) in [4.78, 5) is 34.1. The molecule has 0 heterocycles. The Kier molecular flexibility index (Phi) is 4.44. The zero-order chi connectivity index (χ0) is 16.3. The molecule has 0 bridgehead atoms. The zero-order valence-corrected chi connectivity index (χ0v) is 12.3. The molecule has 1 aliphatic rings. The lowest BCUT2D eigenvalue weighted by molar-refractivity contribution is -0.385. The van der Waals surface area contributed by atoms with Crippen molar-refractivity contribution in [3.63, 3.8) is 0 Å². The summed E-state index contributed by atoms with van der Waals surface area (Å²) in [5, 5.41) is 22.9. The molecule has 118 valence electrons. The van der Waals surface area contributed by atoms with E-state index in [-0.39, 0.29) is 11.3 Å². The summed E-state index contributed by atoms with van der Waals surface area (Å²) in [5.41, 5.74) is -0.701. The van der Waals surface area contributed by atoms with Crippen LogP contribution in [-0.2, 0) is 4.79 Å². The first kappa shape index (κ1) is 15.9. The Morgan fingerprint density at radius 1 is 1.27 bits per heavy atom. The number of rotatable bonds is 4. The summed E-state index contributed by atoms with van der Waals surface area (Å²) in [6.07, 6.45) is 3.28. The summed E-state index contributed by atoms with van der Waals surface area (Å²) in [5.74, 6) is -1.54. The van der Waals surface area contributed by atoms with Gasteiger partial charge in [-0.1, -0.05) is 19.3 Å². The van der Waals surface area contributed by atoms with Gasteiger partial charge in [0.2, 0.25) is 0 Å². The van der Waals surface area contributed by atoms with Crippen LogP contribution in [0, 0.1) is 17.0 Å². The van der Waals surface area contributed by atoms with Crippen LogP contribution in [0.25, 0.3) is 0 Å². The largest absolute Gasteiger partial charge is 0.480 e. The summed E-state index contributed by atoms with van der Waals surface area (Å²) in [6, 6.07) is 4.02. The average Bonchev–Trinajstić information content (AvgIpc) is 2.47. The van der Waals surface area contributed by atoms with E-state index in [0.29, 0.717) is 18.4 Å². The van der Waals surface area contributed by atoms with Gasteiger partial charge >= 0.3 is 5.97 Å². The fourth-order valence-corrected chi connectivity index (χ4v) is 2.84. The van der Waals surface area contributed by atoms with Gasteiger partial charge in [-0.05, 0) is 31.9 Å². The molecule has 0 saturated heterocycles. The molecule has 1 aromatic rings. The fourth-order valence-electron chi connectivity index (χ4n) is 2.84. The Bertz CT molecular complexity index is 620. The highest BCUT2D eigenvalue weighted by atomic mass is 16.6. The number of nitro benzene ring substituents is 1. The van der Waals surface area contributed by atoms with Gasteiger partial charge in [0.15, 0.2) is 0 Å². The van der Waals surface area contributed by atoms with Crippen molar-refractivity contribution >= 4 is 17.6 Å². The molecule has 0 aliphatic heterocycles. The summed E-state index contributed by atoms with van der Waals surface area (Å²) in [6.45, 7) is 1.54. The standard InChI is InChI=1S/C15H18N2O5/c1-10-9-11(5-6-12(10)17(21)22)13(18)16-15(14(19)20)7-3-2-4-8-15/h5-6,9H,2-4,7-8H2,1H3,(H,16,18)(H,19,20). The molecule has 0 spiro atoms. The van der Waals surface area contributed by atoms with E-state index in [0.717, 1.165) is 19.3 Å². The molecule has 0 unspecified atom stereocenters. The van der Waals surface area contributed by atoms with Crippen LogP contribution in [0.5, 0.6) is 0 Å². The second-order valence-electron chi connectivity index (χ2n) is 5.66. The molecule has 2 N–H and O–H groups in total. The molecular weight excluding hydrogens is 288 g/mol. The number of amides is 1. The topological polar surface area (TPSA) is 110 Å². The van der Waals surface area contributed by atoms with Gasteiger partial charge in [-0.2, -0.15) is 0 Å². The molecule has 0 atom stereocenters. The van der Waals surface area contributed by atoms with Crippen molar-refractivity contribution in [2.24, 2.45) is 0 Å². The van der Waals surface area contributed by atoms with E-state index in [2.05, 4.69) is 5.32 Å². The predicted octanol–water partition coefficient (Wildman–Crippen LogP) is 2.42. The Labute approximate surface area is 127 Å². The van der Waals surface area contributed by atoms with Gasteiger partial charge in [0.1, 0.15) is 5.54 Å². The van der Waals surface area contributed by atoms with E-state index in [1.165, 1.54) is 18.2 Å². The quantitative estimate of drug-likeness (QED) is 0.655. The van der Waals surface area contributed by atoms with Crippen LogP contribution in [0.2, 0.25) is 0 Å². The van der Waals surface area contributed by atoms with Crippen LogP contribution >= 0.6 is 0 Å². The third-order valence-corrected chi connectivity index (χ3v) is 4.12. The van der Waals surface area contributed by atoms with E-state index in [9.17, 15) is 24.8 Å². The zero-order valence-electron chi connectivity index (χ0n) is 12.3. The number of aliphatic carboxylic acids is 1. The van der Waals surface area contributed by atoms with Gasteiger partial charge < -0.3 is 10.4 Å². The summed E-state index contributed by atoms with van der Waals surface area (Å²) in [7, 11) is 0. The Hall–Kier alpha value is -2.44. The molecule has 22 heavy (non-hydrogen) atoms. The minimum Gasteiger partial charge on any atom is -0.480 e. The van der Waals surface area contributed by atoms with Gasteiger partial charge in [-0.15, -0.1) is 0 Å². The normalized spacial score (nSPS) is 16.8. The van der Waals surface area contributed by atoms with Crippen molar-refractivity contribution in [3.8, 4) is 0 Å². The van der Waals surface area contributed by atoms with Crippen molar-refractivity contribution < 1.29 is 19.6 Å². The van der Waals surface area contributed by atoms with Crippen LogP contribution < -0.4 is 5.32 Å². The molecule has 1 amide bonds. The number of hydrogen-bond donors (Lipinski definition) is 2. The highest BCUT2D eigenvalue weighted by molar-refractivity contribution is 5.98. The van der Waals surface area contributed by atoms with Crippen molar-refractivity contribution in [2.45, 2.75) is 44.6 Å². The second kappa shape index (κ2) is 6.13. The van der Waals surface area contributed by atoms with Crippen LogP contribution in [0.1, 0.15) is 48.0 Å². The molecule has 2 rings (SSSR count). The number of nitro groups is 1. The molecule has 1 fully saturated rings. The van der Waals surface area contributed by atoms with Crippen molar-refractivity contribution in [1.29, 1.82) is 0 Å². The predicted molar refractivity (Wildman–Crippen MR) is 78.8 cm³/mol. The number of hydrogen-bond acceptors (Lipinski definition) is 4. The molecule has 1 aromatic carbocycles. The van der Waals surface area contributed by atoms with Crippen LogP contribution in [0.15, 0.2) is 18.2 Å². The Balaban J connectivity index is 2.22. The maximum atomic E-state index is 12.3. The highest BCUT2D eigenvalue weighted by Gasteiger charge is 2.41. The van der Waals surface area contributed by atoms with E-state index < -0.39 is 22.3 Å². The fraction of sp³-hybridized carbons (Fsp3) is 0.467. The first-order valence-corrected chi connectivity index (χ1v) is 7.17. The Morgan fingerprint density at radius 3 is 2.41 bits per heavy atom. The van der Waals surface area contributed by atoms with E-state index in [1.54, 1.807) is 6.92 Å². The van der Waals surface area contributed by atoms with Gasteiger partial charge in [0.25, 0.3) is 11.6 Å². The maximum absolute atomic E-state index is 12.3. The second-order valence-corrected chi connectivity index (χ2v) is 5.66. The van der Waals surface area contributed by atoms with Crippen molar-refractivity contribution in [1.82, 2.24) is 5.32 Å². The van der Waals surface area contributed by atoms with E-state index in [1.807, 2.05) is 0 Å². The lowest BCUT2D eigenvalue weighted by atomic mass is 9.81. The molecule has 1 aliphatic carbocycles.